The van der Waals surface area contributed by atoms with E-state index in [1.807, 2.05) is 6.07 Å². The Kier molecular flexibility index (Phi) is 4.22. The van der Waals surface area contributed by atoms with Crippen LogP contribution in [0, 0.1) is 5.82 Å². The lowest BCUT2D eigenvalue weighted by Crippen LogP contribution is -2.40. The average Bonchev–Trinajstić information content (AvgIpc) is 2.49. The van der Waals surface area contributed by atoms with E-state index in [1.54, 1.807) is 12.1 Å². The lowest BCUT2D eigenvalue weighted by molar-refractivity contribution is 0.455. The molecule has 3 rings (SSSR count). The first kappa shape index (κ1) is 13.8. The van der Waals surface area contributed by atoms with Crippen LogP contribution >= 0.6 is 0 Å². The van der Waals surface area contributed by atoms with E-state index in [0.717, 1.165) is 57.5 Å². The number of halogens is 1. The van der Waals surface area contributed by atoms with Crippen molar-refractivity contribution >= 4 is 5.69 Å². The molecule has 4 heteroatoms. The van der Waals surface area contributed by atoms with Gasteiger partial charge in [0.1, 0.15) is 5.82 Å². The molecule has 0 aromatic heterocycles. The Labute approximate surface area is 120 Å². The number of anilines is 1. The monoisotopic (exact) mass is 277 g/mol. The zero-order chi connectivity index (χ0) is 13.9. The Morgan fingerprint density at radius 3 is 2.50 bits per heavy atom. The lowest BCUT2D eigenvalue weighted by atomic mass is 9.88. The van der Waals surface area contributed by atoms with E-state index in [4.69, 9.17) is 5.73 Å². The van der Waals surface area contributed by atoms with Crippen LogP contribution in [-0.4, -0.2) is 32.2 Å². The summed E-state index contributed by atoms with van der Waals surface area (Å²) in [5.74, 6) is 0.426. The van der Waals surface area contributed by atoms with Gasteiger partial charge >= 0.3 is 0 Å². The second-order valence-electron chi connectivity index (χ2n) is 6.05. The van der Waals surface area contributed by atoms with Gasteiger partial charge < -0.3 is 16.0 Å². The number of hydrogen-bond acceptors (Lipinski definition) is 3. The average molecular weight is 277 g/mol. The third-order valence-electron chi connectivity index (χ3n) is 4.65. The summed E-state index contributed by atoms with van der Waals surface area (Å²) in [6.45, 7) is 4.02. The van der Waals surface area contributed by atoms with Gasteiger partial charge in [-0.3, -0.25) is 0 Å². The largest absolute Gasteiger partial charge is 0.371 e. The molecule has 0 aliphatic carbocycles. The Balaban J connectivity index is 1.85. The Bertz CT molecular complexity index is 449. The molecule has 0 spiro atoms. The summed E-state index contributed by atoms with van der Waals surface area (Å²) in [5.41, 5.74) is 8.40. The number of nitrogens with zero attached hydrogens (tertiary/aromatic N) is 1. The first-order valence-electron chi connectivity index (χ1n) is 7.75. The van der Waals surface area contributed by atoms with Crippen LogP contribution < -0.4 is 16.0 Å². The minimum absolute atomic E-state index is 0.132. The van der Waals surface area contributed by atoms with Gasteiger partial charge in [-0.05, 0) is 62.4 Å². The number of nitrogens with one attached hydrogen (secondary N) is 1. The third kappa shape index (κ3) is 2.96. The van der Waals surface area contributed by atoms with Crippen LogP contribution in [0.2, 0.25) is 0 Å². The molecule has 3 nitrogen and oxygen atoms in total. The van der Waals surface area contributed by atoms with Crippen LogP contribution in [0.3, 0.4) is 0 Å². The molecule has 3 N–H and O–H groups in total. The second kappa shape index (κ2) is 6.10. The van der Waals surface area contributed by atoms with Crippen LogP contribution in [0.25, 0.3) is 0 Å². The standard InChI is InChI=1S/C16H24FN3/c17-13-1-2-15(12-3-7-19-8-4-12)16(11-13)20-9-5-14(18)6-10-20/h1-2,11-12,14,19H,3-10,18H2. The van der Waals surface area contributed by atoms with Crippen molar-refractivity contribution in [2.45, 2.75) is 37.6 Å². The van der Waals surface area contributed by atoms with Crippen LogP contribution in [0.5, 0.6) is 0 Å². The number of benzene rings is 1. The van der Waals surface area contributed by atoms with E-state index in [1.165, 1.54) is 5.56 Å². The molecule has 0 atom stereocenters. The number of rotatable bonds is 2. The van der Waals surface area contributed by atoms with Crippen molar-refractivity contribution in [3.63, 3.8) is 0 Å². The molecule has 0 unspecified atom stereocenters. The highest BCUT2D eigenvalue weighted by atomic mass is 19.1. The van der Waals surface area contributed by atoms with Gasteiger partial charge in [0, 0.05) is 24.8 Å². The van der Waals surface area contributed by atoms with E-state index in [0.29, 0.717) is 12.0 Å². The van der Waals surface area contributed by atoms with Crippen LogP contribution in [0.15, 0.2) is 18.2 Å². The molecule has 2 heterocycles. The minimum Gasteiger partial charge on any atom is -0.371 e. The molecule has 20 heavy (non-hydrogen) atoms. The van der Waals surface area contributed by atoms with Gasteiger partial charge in [0.15, 0.2) is 0 Å². The topological polar surface area (TPSA) is 41.3 Å². The van der Waals surface area contributed by atoms with Crippen LogP contribution in [-0.2, 0) is 0 Å². The highest BCUT2D eigenvalue weighted by molar-refractivity contribution is 5.56. The van der Waals surface area contributed by atoms with Crippen molar-refractivity contribution in [2.24, 2.45) is 5.73 Å². The van der Waals surface area contributed by atoms with Gasteiger partial charge in [0.05, 0.1) is 0 Å². The molecule has 1 aromatic rings. The SMILES string of the molecule is NC1CCN(c2cc(F)ccc2C2CCNCC2)CC1. The molecule has 2 aliphatic heterocycles. The van der Waals surface area contributed by atoms with Crippen molar-refractivity contribution in [1.82, 2.24) is 5.32 Å². The fourth-order valence-electron chi connectivity index (χ4n) is 3.41. The summed E-state index contributed by atoms with van der Waals surface area (Å²) in [6, 6.07) is 5.63. The summed E-state index contributed by atoms with van der Waals surface area (Å²) in [7, 11) is 0. The zero-order valence-corrected chi connectivity index (χ0v) is 11.9. The molecule has 0 saturated carbocycles. The van der Waals surface area contributed by atoms with Gasteiger partial charge in [-0.2, -0.15) is 0 Å². The maximum absolute atomic E-state index is 13.7. The zero-order valence-electron chi connectivity index (χ0n) is 11.9. The van der Waals surface area contributed by atoms with Crippen molar-refractivity contribution in [3.05, 3.63) is 29.6 Å². The normalized spacial score (nSPS) is 22.2. The number of hydrogen-bond donors (Lipinski definition) is 2. The molecule has 1 aromatic carbocycles. The van der Waals surface area contributed by atoms with Gasteiger partial charge in [-0.15, -0.1) is 0 Å². The fraction of sp³-hybridized carbons (Fsp3) is 0.625. The smallest absolute Gasteiger partial charge is 0.125 e. The van der Waals surface area contributed by atoms with Gasteiger partial charge in [0.25, 0.3) is 0 Å². The first-order valence-corrected chi connectivity index (χ1v) is 7.75. The molecular formula is C16H24FN3. The summed E-state index contributed by atoms with van der Waals surface area (Å²) < 4.78 is 13.7. The Morgan fingerprint density at radius 1 is 1.10 bits per heavy atom. The third-order valence-corrected chi connectivity index (χ3v) is 4.65. The summed E-state index contributed by atoms with van der Waals surface area (Å²) in [6.07, 6.45) is 4.29. The highest BCUT2D eigenvalue weighted by Gasteiger charge is 2.23. The molecular weight excluding hydrogens is 253 g/mol. The molecule has 2 fully saturated rings. The number of piperidine rings is 2. The van der Waals surface area contributed by atoms with E-state index in [9.17, 15) is 4.39 Å². The van der Waals surface area contributed by atoms with E-state index in [2.05, 4.69) is 10.2 Å². The van der Waals surface area contributed by atoms with E-state index >= 15 is 0 Å². The molecule has 0 radical (unpaired) electrons. The van der Waals surface area contributed by atoms with Gasteiger partial charge in [0.2, 0.25) is 0 Å². The van der Waals surface area contributed by atoms with E-state index < -0.39 is 0 Å². The predicted molar refractivity (Wildman–Crippen MR) is 80.7 cm³/mol. The minimum atomic E-state index is -0.132. The molecule has 0 amide bonds. The summed E-state index contributed by atoms with van der Waals surface area (Å²) >= 11 is 0. The van der Waals surface area contributed by atoms with Crippen molar-refractivity contribution in [1.29, 1.82) is 0 Å². The predicted octanol–water partition coefficient (Wildman–Crippen LogP) is 2.22. The fourth-order valence-corrected chi connectivity index (χ4v) is 3.41. The van der Waals surface area contributed by atoms with Crippen molar-refractivity contribution in [2.75, 3.05) is 31.1 Å². The summed E-state index contributed by atoms with van der Waals surface area (Å²) in [5, 5.41) is 3.40. The van der Waals surface area contributed by atoms with Crippen molar-refractivity contribution in [3.8, 4) is 0 Å². The van der Waals surface area contributed by atoms with Crippen LogP contribution in [0.1, 0.15) is 37.2 Å². The number of nitrogens with two attached hydrogens (primary N) is 1. The highest BCUT2D eigenvalue weighted by Crippen LogP contribution is 2.34. The Hall–Kier alpha value is -1.13. The molecule has 110 valence electrons. The molecule has 2 aliphatic rings. The maximum atomic E-state index is 13.7. The molecule has 2 saturated heterocycles. The summed E-state index contributed by atoms with van der Waals surface area (Å²) in [4.78, 5) is 2.32. The second-order valence-corrected chi connectivity index (χ2v) is 6.05. The van der Waals surface area contributed by atoms with Gasteiger partial charge in [-0.25, -0.2) is 4.39 Å². The molecule has 0 bridgehead atoms. The maximum Gasteiger partial charge on any atom is 0.125 e. The van der Waals surface area contributed by atoms with Crippen LogP contribution in [0.4, 0.5) is 10.1 Å². The first-order chi connectivity index (χ1) is 9.74. The van der Waals surface area contributed by atoms with Crippen molar-refractivity contribution < 1.29 is 4.39 Å². The quantitative estimate of drug-likeness (QED) is 0.871. The lowest BCUT2D eigenvalue weighted by Gasteiger charge is -2.35. The Morgan fingerprint density at radius 2 is 1.80 bits per heavy atom. The van der Waals surface area contributed by atoms with Gasteiger partial charge in [-0.1, -0.05) is 6.07 Å². The van der Waals surface area contributed by atoms with E-state index in [-0.39, 0.29) is 5.82 Å².